The van der Waals surface area contributed by atoms with Gasteiger partial charge in [-0.2, -0.15) is 0 Å². The molecule has 7 nitrogen and oxygen atoms in total. The number of anilines is 2. The molecule has 1 aromatic carbocycles. The Hall–Kier alpha value is -2.19. The van der Waals surface area contributed by atoms with Gasteiger partial charge in [-0.3, -0.25) is 14.6 Å². The lowest BCUT2D eigenvalue weighted by Crippen LogP contribution is -2.54. The number of nitrogens with two attached hydrogens (primary N) is 1. The van der Waals surface area contributed by atoms with Crippen LogP contribution in [-0.2, 0) is 9.53 Å². The molecule has 146 valence electrons. The molecule has 2 amide bonds. The van der Waals surface area contributed by atoms with Gasteiger partial charge in [0.05, 0.1) is 11.9 Å². The molecule has 1 aliphatic heterocycles. The van der Waals surface area contributed by atoms with E-state index in [1.165, 1.54) is 0 Å². The lowest BCUT2D eigenvalue weighted by atomic mass is 9.90. The number of benzene rings is 1. The molecule has 2 aromatic rings. The lowest BCUT2D eigenvalue weighted by molar-refractivity contribution is -0.124. The number of pyridine rings is 1. The zero-order valence-electron chi connectivity index (χ0n) is 14.5. The molecule has 0 unspecified atom stereocenters. The monoisotopic (exact) mass is 412 g/mol. The van der Waals surface area contributed by atoms with Crippen molar-refractivity contribution in [2.75, 3.05) is 23.8 Å². The van der Waals surface area contributed by atoms with Crippen LogP contribution in [0.3, 0.4) is 0 Å². The van der Waals surface area contributed by atoms with Crippen LogP contribution in [0.1, 0.15) is 23.2 Å². The molecule has 1 saturated heterocycles. The van der Waals surface area contributed by atoms with Crippen LogP contribution < -0.4 is 16.4 Å². The van der Waals surface area contributed by atoms with Gasteiger partial charge >= 0.3 is 0 Å². The number of aromatic nitrogens is 1. The van der Waals surface area contributed by atoms with Crippen LogP contribution >= 0.6 is 24.8 Å². The van der Waals surface area contributed by atoms with E-state index >= 15 is 0 Å². The van der Waals surface area contributed by atoms with Gasteiger partial charge in [-0.1, -0.05) is 0 Å². The first kappa shape index (κ1) is 22.9. The van der Waals surface area contributed by atoms with Crippen LogP contribution in [0.4, 0.5) is 11.4 Å². The summed E-state index contributed by atoms with van der Waals surface area (Å²) in [5.41, 5.74) is 6.94. The van der Waals surface area contributed by atoms with Crippen molar-refractivity contribution in [2.24, 2.45) is 5.73 Å². The summed E-state index contributed by atoms with van der Waals surface area (Å²) in [5, 5.41) is 5.56. The molecule has 1 fully saturated rings. The second-order valence-electron chi connectivity index (χ2n) is 6.00. The number of ether oxygens (including phenoxy) is 1. The van der Waals surface area contributed by atoms with Crippen molar-refractivity contribution in [1.29, 1.82) is 0 Å². The van der Waals surface area contributed by atoms with Crippen molar-refractivity contribution in [2.45, 2.75) is 18.4 Å². The van der Waals surface area contributed by atoms with Crippen LogP contribution in [0, 0.1) is 0 Å². The van der Waals surface area contributed by atoms with Crippen molar-refractivity contribution in [3.8, 4) is 0 Å². The highest BCUT2D eigenvalue weighted by Gasteiger charge is 2.35. The molecular formula is C18H22Cl2N4O3. The van der Waals surface area contributed by atoms with Gasteiger partial charge in [0.1, 0.15) is 5.54 Å². The first-order valence-electron chi connectivity index (χ1n) is 8.06. The predicted molar refractivity (Wildman–Crippen MR) is 109 cm³/mol. The van der Waals surface area contributed by atoms with Gasteiger partial charge in [-0.05, 0) is 49.2 Å². The molecule has 0 spiro atoms. The zero-order chi connectivity index (χ0) is 17.7. The van der Waals surface area contributed by atoms with E-state index in [1.54, 1.807) is 48.8 Å². The quantitative estimate of drug-likeness (QED) is 0.715. The first-order valence-corrected chi connectivity index (χ1v) is 8.06. The van der Waals surface area contributed by atoms with E-state index < -0.39 is 5.54 Å². The number of nitrogens with zero attached hydrogens (tertiary/aromatic N) is 1. The number of nitrogens with one attached hydrogen (secondary N) is 2. The Balaban J connectivity index is 0.00000182. The van der Waals surface area contributed by atoms with E-state index in [-0.39, 0.29) is 36.6 Å². The Bertz CT molecular complexity index is 751. The molecule has 0 atom stereocenters. The molecular weight excluding hydrogens is 391 g/mol. The number of hydrogen-bond acceptors (Lipinski definition) is 5. The van der Waals surface area contributed by atoms with Gasteiger partial charge < -0.3 is 21.1 Å². The number of carbonyl (C=O) groups is 2. The fourth-order valence-corrected chi connectivity index (χ4v) is 2.56. The molecule has 0 bridgehead atoms. The largest absolute Gasteiger partial charge is 0.381 e. The molecule has 4 N–H and O–H groups in total. The van der Waals surface area contributed by atoms with Crippen molar-refractivity contribution in [1.82, 2.24) is 4.98 Å². The fourth-order valence-electron chi connectivity index (χ4n) is 2.56. The SMILES string of the molecule is Cl.Cl.NC1(C(=O)Nc2ccc(C(=O)Nc3cccnc3)cc2)CCOCC1. The molecule has 0 radical (unpaired) electrons. The third-order valence-corrected chi connectivity index (χ3v) is 4.16. The highest BCUT2D eigenvalue weighted by atomic mass is 35.5. The van der Waals surface area contributed by atoms with Gasteiger partial charge in [-0.25, -0.2) is 0 Å². The molecule has 2 heterocycles. The second-order valence-corrected chi connectivity index (χ2v) is 6.00. The van der Waals surface area contributed by atoms with E-state index in [2.05, 4.69) is 15.6 Å². The Morgan fingerprint density at radius 2 is 1.67 bits per heavy atom. The zero-order valence-corrected chi connectivity index (χ0v) is 16.1. The number of halogens is 2. The number of amides is 2. The maximum Gasteiger partial charge on any atom is 0.255 e. The van der Waals surface area contributed by atoms with Gasteiger partial charge in [0.2, 0.25) is 5.91 Å². The third kappa shape index (κ3) is 5.90. The summed E-state index contributed by atoms with van der Waals surface area (Å²) in [6.45, 7) is 0.967. The van der Waals surface area contributed by atoms with Crippen LogP contribution in [0.15, 0.2) is 48.8 Å². The fraction of sp³-hybridized carbons (Fsp3) is 0.278. The van der Waals surface area contributed by atoms with Crippen molar-refractivity contribution in [3.05, 3.63) is 54.4 Å². The molecule has 3 rings (SSSR count). The van der Waals surface area contributed by atoms with Crippen LogP contribution in [-0.4, -0.2) is 35.6 Å². The minimum atomic E-state index is -0.908. The summed E-state index contributed by atoms with van der Waals surface area (Å²) in [5.74, 6) is -0.478. The average molecular weight is 413 g/mol. The number of rotatable bonds is 4. The maximum atomic E-state index is 12.4. The highest BCUT2D eigenvalue weighted by Crippen LogP contribution is 2.20. The molecule has 9 heteroatoms. The smallest absolute Gasteiger partial charge is 0.255 e. The molecule has 1 aliphatic rings. The molecule has 27 heavy (non-hydrogen) atoms. The van der Waals surface area contributed by atoms with E-state index in [4.69, 9.17) is 10.5 Å². The Morgan fingerprint density at radius 1 is 1.00 bits per heavy atom. The van der Waals surface area contributed by atoms with Gasteiger partial charge in [-0.15, -0.1) is 24.8 Å². The van der Waals surface area contributed by atoms with Crippen molar-refractivity contribution in [3.63, 3.8) is 0 Å². The second kappa shape index (κ2) is 10.2. The van der Waals surface area contributed by atoms with E-state index in [9.17, 15) is 9.59 Å². The van der Waals surface area contributed by atoms with E-state index in [0.717, 1.165) is 0 Å². The van der Waals surface area contributed by atoms with Gasteiger partial charge in [0, 0.05) is 30.7 Å². The summed E-state index contributed by atoms with van der Waals surface area (Å²) >= 11 is 0. The van der Waals surface area contributed by atoms with E-state index in [1.807, 2.05) is 0 Å². The summed E-state index contributed by atoms with van der Waals surface area (Å²) in [7, 11) is 0. The number of hydrogen-bond donors (Lipinski definition) is 3. The topological polar surface area (TPSA) is 106 Å². The number of carbonyl (C=O) groups excluding carboxylic acids is 2. The van der Waals surface area contributed by atoms with Crippen LogP contribution in [0.5, 0.6) is 0 Å². The third-order valence-electron chi connectivity index (χ3n) is 4.16. The Morgan fingerprint density at radius 3 is 2.26 bits per heavy atom. The minimum absolute atomic E-state index is 0. The van der Waals surface area contributed by atoms with Crippen LogP contribution in [0.25, 0.3) is 0 Å². The first-order chi connectivity index (χ1) is 12.1. The van der Waals surface area contributed by atoms with Crippen molar-refractivity contribution < 1.29 is 14.3 Å². The highest BCUT2D eigenvalue weighted by molar-refractivity contribution is 6.04. The summed E-state index contributed by atoms with van der Waals surface area (Å²) in [6, 6.07) is 10.2. The Kier molecular flexibility index (Phi) is 8.65. The van der Waals surface area contributed by atoms with Gasteiger partial charge in [0.15, 0.2) is 0 Å². The van der Waals surface area contributed by atoms with E-state index in [0.29, 0.717) is 43.0 Å². The molecule has 0 aliphatic carbocycles. The standard InChI is InChI=1S/C18H20N4O3.2ClH/c19-18(7-10-25-11-8-18)17(24)22-14-5-3-13(4-6-14)16(23)21-15-2-1-9-20-12-15;;/h1-6,9,12H,7-8,10-11,19H2,(H,21,23)(H,22,24);2*1H. The lowest BCUT2D eigenvalue weighted by Gasteiger charge is -2.31. The maximum absolute atomic E-state index is 12.4. The summed E-state index contributed by atoms with van der Waals surface area (Å²) in [6.07, 6.45) is 4.19. The average Bonchev–Trinajstić information content (AvgIpc) is 2.64. The molecule has 1 aromatic heterocycles. The summed E-state index contributed by atoms with van der Waals surface area (Å²) in [4.78, 5) is 28.5. The Labute approximate surface area is 169 Å². The van der Waals surface area contributed by atoms with Crippen LogP contribution in [0.2, 0.25) is 0 Å². The van der Waals surface area contributed by atoms with Crippen molar-refractivity contribution >= 4 is 48.0 Å². The normalized spacial score (nSPS) is 14.9. The van der Waals surface area contributed by atoms with Gasteiger partial charge in [0.25, 0.3) is 5.91 Å². The predicted octanol–water partition coefficient (Wildman–Crippen LogP) is 2.62. The minimum Gasteiger partial charge on any atom is -0.381 e. The molecule has 0 saturated carbocycles. The summed E-state index contributed by atoms with van der Waals surface area (Å²) < 4.78 is 5.25.